The number of hydrogen-bond acceptors (Lipinski definition) is 0. The Kier molecular flexibility index (Phi) is 4.73. The fourth-order valence-electron chi connectivity index (χ4n) is 0.470. The minimum atomic E-state index is 0. The summed E-state index contributed by atoms with van der Waals surface area (Å²) in [6.45, 7) is 0. The third kappa shape index (κ3) is 2.84. The van der Waals surface area contributed by atoms with Crippen LogP contribution >= 0.6 is 0 Å². The van der Waals surface area contributed by atoms with Gasteiger partial charge in [0.05, 0.1) is 0 Å². The Labute approximate surface area is 60.4 Å². The monoisotopic (exact) mass is 147 g/mol. The molecule has 1 rings (SSSR count). The van der Waals surface area contributed by atoms with Crippen LogP contribution in [0.3, 0.4) is 0 Å². The van der Waals surface area contributed by atoms with Crippen molar-refractivity contribution < 1.29 is 17.1 Å². The zero-order valence-corrected chi connectivity index (χ0v) is 5.55. The van der Waals surface area contributed by atoms with Crippen molar-refractivity contribution in [1.29, 1.82) is 0 Å². The topological polar surface area (TPSA) is 0 Å². The molecule has 0 saturated carbocycles. The van der Waals surface area contributed by atoms with Gasteiger partial charge in [-0.2, -0.15) is 0 Å². The molecule has 8 heavy (non-hydrogen) atoms. The Morgan fingerprint density at radius 3 is 2.88 bits per heavy atom. The van der Waals surface area contributed by atoms with Crippen LogP contribution in [-0.4, -0.2) is 0 Å². The molecule has 1 heteroatoms. The zero-order valence-electron chi connectivity index (χ0n) is 4.45. The third-order valence-corrected chi connectivity index (χ3v) is 0.808. The van der Waals surface area contributed by atoms with Gasteiger partial charge in [-0.1, -0.05) is 18.6 Å². The molecule has 0 aliphatic heterocycles. The van der Waals surface area contributed by atoms with E-state index in [0.29, 0.717) is 0 Å². The van der Waals surface area contributed by atoms with E-state index in [1.807, 2.05) is 24.3 Å². The predicted molar refractivity (Wildman–Crippen MR) is 30.7 cm³/mol. The summed E-state index contributed by atoms with van der Waals surface area (Å²) in [6, 6.07) is 0. The third-order valence-electron chi connectivity index (χ3n) is 0.808. The van der Waals surface area contributed by atoms with Gasteiger partial charge in [-0.15, -0.1) is 6.08 Å². The molecule has 1 aliphatic rings. The first-order chi connectivity index (χ1) is 3.50. The van der Waals surface area contributed by atoms with Crippen molar-refractivity contribution in [3.05, 3.63) is 36.5 Å². The first-order valence-electron chi connectivity index (χ1n) is 2.38. The minimum Gasteiger partial charge on any atom is -0.271 e. The Morgan fingerprint density at radius 2 is 2.00 bits per heavy atom. The zero-order chi connectivity index (χ0) is 4.95. The summed E-state index contributed by atoms with van der Waals surface area (Å²) in [5, 5.41) is 0. The van der Waals surface area contributed by atoms with Gasteiger partial charge in [0.15, 0.2) is 0 Å². The summed E-state index contributed by atoms with van der Waals surface area (Å²) < 4.78 is 0. The van der Waals surface area contributed by atoms with E-state index in [2.05, 4.69) is 12.2 Å². The van der Waals surface area contributed by atoms with E-state index < -0.39 is 0 Å². The van der Waals surface area contributed by atoms with E-state index in [1.54, 1.807) is 0 Å². The van der Waals surface area contributed by atoms with E-state index in [9.17, 15) is 0 Å². The smallest absolute Gasteiger partial charge is 0 e. The van der Waals surface area contributed by atoms with Crippen LogP contribution in [0.5, 0.6) is 0 Å². The van der Waals surface area contributed by atoms with Gasteiger partial charge >= 0.3 is 0 Å². The number of rotatable bonds is 0. The summed E-state index contributed by atoms with van der Waals surface area (Å²) in [4.78, 5) is 0. The van der Waals surface area contributed by atoms with Crippen LogP contribution in [0.1, 0.15) is 6.42 Å². The summed E-state index contributed by atoms with van der Waals surface area (Å²) >= 11 is 0. The van der Waals surface area contributed by atoms with E-state index in [0.717, 1.165) is 6.42 Å². The Balaban J connectivity index is 0.000000490. The maximum atomic E-state index is 3.05. The molecule has 1 aliphatic carbocycles. The molecule has 0 aromatic carbocycles. The van der Waals surface area contributed by atoms with Gasteiger partial charge in [-0.05, 0) is 0 Å². The predicted octanol–water partition coefficient (Wildman–Crippen LogP) is 1.86. The van der Waals surface area contributed by atoms with E-state index >= 15 is 0 Å². The standard InChI is InChI=1S/C7H7.Fe/c1-2-4-6-7-5-3-1;/h1-5H,6H2;/q-1;. The Bertz CT molecular complexity index is 106. The normalized spacial score (nSPS) is 15.0. The molecule has 0 saturated heterocycles. The van der Waals surface area contributed by atoms with Crippen LogP contribution in [0, 0.1) is 6.08 Å². The molecule has 44 valence electrons. The minimum absolute atomic E-state index is 0. The second-order valence-electron chi connectivity index (χ2n) is 1.39. The van der Waals surface area contributed by atoms with E-state index in [1.165, 1.54) is 0 Å². The Hall–Kier alpha value is -0.261. The van der Waals surface area contributed by atoms with E-state index in [-0.39, 0.29) is 17.1 Å². The molecule has 0 aromatic heterocycles. The van der Waals surface area contributed by atoms with Crippen molar-refractivity contribution in [3.63, 3.8) is 0 Å². The SMILES string of the molecule is [C-]1=CC=CC=CC1.[Fe]. The summed E-state index contributed by atoms with van der Waals surface area (Å²) in [6.07, 6.45) is 14.0. The summed E-state index contributed by atoms with van der Waals surface area (Å²) in [7, 11) is 0. The number of hydrogen-bond donors (Lipinski definition) is 0. The molecule has 0 amide bonds. The molecule has 0 N–H and O–H groups in total. The molecular formula is C7H7Fe-. The average Bonchev–Trinajstić information content (AvgIpc) is 1.90. The van der Waals surface area contributed by atoms with Crippen LogP contribution in [-0.2, 0) is 17.1 Å². The fourth-order valence-corrected chi connectivity index (χ4v) is 0.470. The maximum absolute atomic E-state index is 3.05. The van der Waals surface area contributed by atoms with Crippen LogP contribution < -0.4 is 0 Å². The van der Waals surface area contributed by atoms with Gasteiger partial charge < -0.3 is 0 Å². The largest absolute Gasteiger partial charge is 0.271 e. The summed E-state index contributed by atoms with van der Waals surface area (Å²) in [5.74, 6) is 0. The molecule has 0 heterocycles. The van der Waals surface area contributed by atoms with E-state index in [4.69, 9.17) is 0 Å². The van der Waals surface area contributed by atoms with Crippen molar-refractivity contribution in [3.8, 4) is 0 Å². The van der Waals surface area contributed by atoms with Crippen molar-refractivity contribution in [2.45, 2.75) is 6.42 Å². The van der Waals surface area contributed by atoms with Crippen LogP contribution in [0.15, 0.2) is 30.4 Å². The molecule has 0 unspecified atom stereocenters. The maximum Gasteiger partial charge on any atom is 0 e. The fraction of sp³-hybridized carbons (Fsp3) is 0.143. The first-order valence-corrected chi connectivity index (χ1v) is 2.38. The molecule has 0 aromatic rings. The molecule has 0 bridgehead atoms. The van der Waals surface area contributed by atoms with Crippen molar-refractivity contribution in [2.24, 2.45) is 0 Å². The van der Waals surface area contributed by atoms with Crippen molar-refractivity contribution in [1.82, 2.24) is 0 Å². The molecule has 0 atom stereocenters. The van der Waals surface area contributed by atoms with Crippen molar-refractivity contribution in [2.75, 3.05) is 0 Å². The second-order valence-corrected chi connectivity index (χ2v) is 1.39. The molecule has 0 radical (unpaired) electrons. The van der Waals surface area contributed by atoms with Gasteiger partial charge in [0.1, 0.15) is 0 Å². The van der Waals surface area contributed by atoms with Gasteiger partial charge in [-0.25, -0.2) is 12.2 Å². The van der Waals surface area contributed by atoms with Crippen LogP contribution in [0.4, 0.5) is 0 Å². The van der Waals surface area contributed by atoms with Crippen LogP contribution in [0.25, 0.3) is 0 Å². The molecule has 0 nitrogen and oxygen atoms in total. The van der Waals surface area contributed by atoms with Crippen LogP contribution in [0.2, 0.25) is 0 Å². The summed E-state index contributed by atoms with van der Waals surface area (Å²) in [5.41, 5.74) is 0. The number of allylic oxidation sites excluding steroid dienone is 6. The van der Waals surface area contributed by atoms with Gasteiger partial charge in [0, 0.05) is 17.1 Å². The first kappa shape index (κ1) is 7.74. The van der Waals surface area contributed by atoms with Crippen molar-refractivity contribution >= 4 is 0 Å². The van der Waals surface area contributed by atoms with Gasteiger partial charge in [-0.3, -0.25) is 6.08 Å². The average molecular weight is 147 g/mol. The van der Waals surface area contributed by atoms with Gasteiger partial charge in [0.2, 0.25) is 0 Å². The Morgan fingerprint density at radius 1 is 1.12 bits per heavy atom. The van der Waals surface area contributed by atoms with Gasteiger partial charge in [0.25, 0.3) is 0 Å². The quantitative estimate of drug-likeness (QED) is 0.362. The second kappa shape index (κ2) is 4.89. The molecular weight excluding hydrogens is 140 g/mol. The molecule has 0 fully saturated rings. The molecule has 0 spiro atoms.